The zero-order chi connectivity index (χ0) is 13.4. The van der Waals surface area contributed by atoms with Gasteiger partial charge in [-0.3, -0.25) is 4.79 Å². The Labute approximate surface area is 107 Å². The first-order valence-electron chi connectivity index (χ1n) is 6.18. The van der Waals surface area contributed by atoms with E-state index < -0.39 is 6.10 Å². The fraction of sp³-hybridized carbons (Fsp3) is 0.500. The van der Waals surface area contributed by atoms with Gasteiger partial charge in [-0.2, -0.15) is 0 Å². The van der Waals surface area contributed by atoms with Crippen molar-refractivity contribution in [3.63, 3.8) is 0 Å². The molecule has 0 amide bonds. The van der Waals surface area contributed by atoms with Crippen molar-refractivity contribution in [2.24, 2.45) is 5.92 Å². The molecule has 1 rings (SSSR count). The second-order valence-electron chi connectivity index (χ2n) is 4.14. The van der Waals surface area contributed by atoms with E-state index in [1.165, 1.54) is 0 Å². The first-order chi connectivity index (χ1) is 8.69. The minimum atomic E-state index is -0.759. The molecular formula is C14H20O4. The SMILES string of the molecule is CCOC(=O)CC[C@H](CO)[C@H](O)c1ccccc1. The summed E-state index contributed by atoms with van der Waals surface area (Å²) in [5.74, 6) is -0.645. The van der Waals surface area contributed by atoms with Gasteiger partial charge < -0.3 is 14.9 Å². The number of rotatable bonds is 7. The van der Waals surface area contributed by atoms with E-state index in [1.807, 2.05) is 18.2 Å². The molecule has 0 unspecified atom stereocenters. The molecule has 2 atom stereocenters. The highest BCUT2D eigenvalue weighted by molar-refractivity contribution is 5.69. The van der Waals surface area contributed by atoms with E-state index in [9.17, 15) is 15.0 Å². The molecule has 0 heterocycles. The molecule has 0 bridgehead atoms. The minimum absolute atomic E-state index is 0.157. The second kappa shape index (κ2) is 7.84. The minimum Gasteiger partial charge on any atom is -0.466 e. The Kier molecular flexibility index (Phi) is 6.39. The Morgan fingerprint density at radius 3 is 2.56 bits per heavy atom. The molecule has 4 nitrogen and oxygen atoms in total. The Morgan fingerprint density at radius 1 is 1.33 bits per heavy atom. The van der Waals surface area contributed by atoms with Gasteiger partial charge in [0, 0.05) is 18.9 Å². The molecule has 1 aromatic rings. The third kappa shape index (κ3) is 4.47. The maximum atomic E-state index is 11.2. The third-order valence-electron chi connectivity index (χ3n) is 2.85. The predicted molar refractivity (Wildman–Crippen MR) is 67.8 cm³/mol. The van der Waals surface area contributed by atoms with Gasteiger partial charge in [-0.15, -0.1) is 0 Å². The summed E-state index contributed by atoms with van der Waals surface area (Å²) in [4.78, 5) is 11.2. The Balaban J connectivity index is 2.53. The van der Waals surface area contributed by atoms with Crippen LogP contribution in [0.25, 0.3) is 0 Å². The quantitative estimate of drug-likeness (QED) is 0.724. The molecule has 0 aromatic heterocycles. The summed E-state index contributed by atoms with van der Waals surface area (Å²) in [6, 6.07) is 9.13. The van der Waals surface area contributed by atoms with Crippen LogP contribution in [0.15, 0.2) is 30.3 Å². The molecule has 0 spiro atoms. The molecular weight excluding hydrogens is 232 g/mol. The van der Waals surface area contributed by atoms with Gasteiger partial charge in [-0.25, -0.2) is 0 Å². The van der Waals surface area contributed by atoms with Crippen LogP contribution >= 0.6 is 0 Å². The molecule has 0 radical (unpaired) electrons. The topological polar surface area (TPSA) is 66.8 Å². The van der Waals surface area contributed by atoms with Crippen molar-refractivity contribution in [1.82, 2.24) is 0 Å². The van der Waals surface area contributed by atoms with Crippen molar-refractivity contribution < 1.29 is 19.7 Å². The Bertz CT molecular complexity index is 350. The van der Waals surface area contributed by atoms with Crippen molar-refractivity contribution in [2.45, 2.75) is 25.9 Å². The average Bonchev–Trinajstić information content (AvgIpc) is 2.40. The summed E-state index contributed by atoms with van der Waals surface area (Å²) < 4.78 is 4.82. The fourth-order valence-corrected chi connectivity index (χ4v) is 1.81. The van der Waals surface area contributed by atoms with Crippen LogP contribution in [0.4, 0.5) is 0 Å². The molecule has 0 aliphatic rings. The number of benzene rings is 1. The van der Waals surface area contributed by atoms with Gasteiger partial charge >= 0.3 is 5.97 Å². The molecule has 0 saturated carbocycles. The number of hydrogen-bond donors (Lipinski definition) is 2. The van der Waals surface area contributed by atoms with Crippen LogP contribution in [0, 0.1) is 5.92 Å². The van der Waals surface area contributed by atoms with Crippen LogP contribution < -0.4 is 0 Å². The van der Waals surface area contributed by atoms with Gasteiger partial charge in [0.05, 0.1) is 12.7 Å². The maximum absolute atomic E-state index is 11.2. The first kappa shape index (κ1) is 14.7. The van der Waals surface area contributed by atoms with Crippen LogP contribution in [-0.4, -0.2) is 29.4 Å². The Morgan fingerprint density at radius 2 is 2.00 bits per heavy atom. The highest BCUT2D eigenvalue weighted by atomic mass is 16.5. The molecule has 0 saturated heterocycles. The Hall–Kier alpha value is -1.39. The molecule has 18 heavy (non-hydrogen) atoms. The van der Waals surface area contributed by atoms with Gasteiger partial charge in [0.25, 0.3) is 0 Å². The zero-order valence-corrected chi connectivity index (χ0v) is 10.6. The summed E-state index contributed by atoms with van der Waals surface area (Å²) in [7, 11) is 0. The van der Waals surface area contributed by atoms with Gasteiger partial charge in [-0.1, -0.05) is 30.3 Å². The highest BCUT2D eigenvalue weighted by Crippen LogP contribution is 2.25. The van der Waals surface area contributed by atoms with Crippen molar-refractivity contribution in [2.75, 3.05) is 13.2 Å². The van der Waals surface area contributed by atoms with Gasteiger partial charge in [0.2, 0.25) is 0 Å². The van der Waals surface area contributed by atoms with Crippen LogP contribution in [0.1, 0.15) is 31.4 Å². The average molecular weight is 252 g/mol. The lowest BCUT2D eigenvalue weighted by Crippen LogP contribution is -2.18. The molecule has 1 aromatic carbocycles. The normalized spacial score (nSPS) is 13.9. The summed E-state index contributed by atoms with van der Waals surface area (Å²) in [6.45, 7) is 1.94. The third-order valence-corrected chi connectivity index (χ3v) is 2.85. The summed E-state index contributed by atoms with van der Waals surface area (Å²) >= 11 is 0. The second-order valence-corrected chi connectivity index (χ2v) is 4.14. The van der Waals surface area contributed by atoms with E-state index in [1.54, 1.807) is 19.1 Å². The smallest absolute Gasteiger partial charge is 0.305 e. The van der Waals surface area contributed by atoms with Crippen LogP contribution in [-0.2, 0) is 9.53 Å². The van der Waals surface area contributed by atoms with Crippen molar-refractivity contribution >= 4 is 5.97 Å². The number of carbonyl (C=O) groups is 1. The number of hydrogen-bond acceptors (Lipinski definition) is 4. The number of esters is 1. The monoisotopic (exact) mass is 252 g/mol. The van der Waals surface area contributed by atoms with Crippen molar-refractivity contribution in [3.8, 4) is 0 Å². The summed E-state index contributed by atoms with van der Waals surface area (Å²) in [5, 5.41) is 19.4. The summed E-state index contributed by atoms with van der Waals surface area (Å²) in [5.41, 5.74) is 0.750. The number of ether oxygens (including phenoxy) is 1. The lowest BCUT2D eigenvalue weighted by Gasteiger charge is -2.20. The van der Waals surface area contributed by atoms with Crippen molar-refractivity contribution in [1.29, 1.82) is 0 Å². The largest absolute Gasteiger partial charge is 0.466 e. The van der Waals surface area contributed by atoms with Crippen LogP contribution in [0.5, 0.6) is 0 Å². The fourth-order valence-electron chi connectivity index (χ4n) is 1.81. The lowest BCUT2D eigenvalue weighted by molar-refractivity contribution is -0.143. The van der Waals surface area contributed by atoms with E-state index in [4.69, 9.17) is 4.74 Å². The molecule has 4 heteroatoms. The maximum Gasteiger partial charge on any atom is 0.305 e. The summed E-state index contributed by atoms with van der Waals surface area (Å²) in [6.07, 6.45) is -0.139. The lowest BCUT2D eigenvalue weighted by atomic mass is 9.92. The molecule has 0 fully saturated rings. The van der Waals surface area contributed by atoms with E-state index in [-0.39, 0.29) is 24.9 Å². The molecule has 0 aliphatic heterocycles. The molecule has 0 aliphatic carbocycles. The number of aliphatic hydroxyl groups excluding tert-OH is 2. The van der Waals surface area contributed by atoms with E-state index in [0.29, 0.717) is 13.0 Å². The van der Waals surface area contributed by atoms with Gasteiger partial charge in [-0.05, 0) is 18.9 Å². The predicted octanol–water partition coefficient (Wildman–Crippen LogP) is 1.67. The number of aliphatic hydroxyl groups is 2. The van der Waals surface area contributed by atoms with Gasteiger partial charge in [0.15, 0.2) is 0 Å². The van der Waals surface area contributed by atoms with E-state index in [0.717, 1.165) is 5.56 Å². The standard InChI is InChI=1S/C14H20O4/c1-2-18-13(16)9-8-12(10-15)14(17)11-6-4-3-5-7-11/h3-7,12,14-15,17H,2,8-10H2,1H3/t12-,14-/m1/s1. The van der Waals surface area contributed by atoms with E-state index in [2.05, 4.69) is 0 Å². The molecule has 100 valence electrons. The highest BCUT2D eigenvalue weighted by Gasteiger charge is 2.21. The molecule has 2 N–H and O–H groups in total. The van der Waals surface area contributed by atoms with Crippen LogP contribution in [0.2, 0.25) is 0 Å². The van der Waals surface area contributed by atoms with Gasteiger partial charge in [0.1, 0.15) is 0 Å². The van der Waals surface area contributed by atoms with Crippen molar-refractivity contribution in [3.05, 3.63) is 35.9 Å². The first-order valence-corrected chi connectivity index (χ1v) is 6.18. The van der Waals surface area contributed by atoms with Crippen LogP contribution in [0.3, 0.4) is 0 Å². The van der Waals surface area contributed by atoms with E-state index >= 15 is 0 Å². The number of carbonyl (C=O) groups excluding carboxylic acids is 1. The zero-order valence-electron chi connectivity index (χ0n) is 10.6.